The van der Waals surface area contributed by atoms with Gasteiger partial charge in [0.25, 0.3) is 10.0 Å². The van der Waals surface area contributed by atoms with Crippen molar-refractivity contribution in [1.29, 1.82) is 0 Å². The van der Waals surface area contributed by atoms with Crippen LogP contribution in [0.15, 0.2) is 65.6 Å². The monoisotopic (exact) mass is 494 g/mol. The number of benzene rings is 3. The lowest BCUT2D eigenvalue weighted by molar-refractivity contribution is -0.114. The Morgan fingerprint density at radius 1 is 1.00 bits per heavy atom. The van der Waals surface area contributed by atoms with Gasteiger partial charge in [-0.05, 0) is 48.5 Å². The van der Waals surface area contributed by atoms with Crippen LogP contribution in [0.2, 0.25) is 5.02 Å². The Labute approximate surface area is 193 Å². The second-order valence-electron chi connectivity index (χ2n) is 6.97. The number of anilines is 2. The van der Waals surface area contributed by atoms with Crippen LogP contribution >= 0.6 is 11.6 Å². The van der Waals surface area contributed by atoms with Gasteiger partial charge in [0, 0.05) is 11.8 Å². The summed E-state index contributed by atoms with van der Waals surface area (Å²) in [6.07, 6.45) is 0. The molecular weight excluding hydrogens is 478 g/mol. The lowest BCUT2D eigenvalue weighted by Crippen LogP contribution is -2.38. The first-order valence-electron chi connectivity index (χ1n) is 9.67. The van der Waals surface area contributed by atoms with Crippen LogP contribution in [0.1, 0.15) is 0 Å². The molecule has 33 heavy (non-hydrogen) atoms. The summed E-state index contributed by atoms with van der Waals surface area (Å²) >= 11 is 5.73. The van der Waals surface area contributed by atoms with Gasteiger partial charge >= 0.3 is 0 Å². The van der Waals surface area contributed by atoms with Gasteiger partial charge in [0.1, 0.15) is 31.4 Å². The van der Waals surface area contributed by atoms with Gasteiger partial charge in [-0.2, -0.15) is 0 Å². The molecule has 0 atom stereocenters. The van der Waals surface area contributed by atoms with Gasteiger partial charge in [-0.3, -0.25) is 9.10 Å². The number of carbonyl (C=O) groups excluding carboxylic acids is 1. The van der Waals surface area contributed by atoms with Crippen molar-refractivity contribution in [2.24, 2.45) is 0 Å². The van der Waals surface area contributed by atoms with Crippen molar-refractivity contribution in [3.05, 3.63) is 77.3 Å². The summed E-state index contributed by atoms with van der Waals surface area (Å²) in [5, 5.41) is 2.25. The molecule has 1 aliphatic rings. The topological polar surface area (TPSA) is 84.9 Å². The predicted octanol–water partition coefficient (Wildman–Crippen LogP) is 4.22. The van der Waals surface area contributed by atoms with Crippen molar-refractivity contribution in [1.82, 2.24) is 0 Å². The number of sulfonamides is 1. The number of nitrogens with zero attached hydrogens (tertiary/aromatic N) is 1. The van der Waals surface area contributed by atoms with Crippen LogP contribution in [-0.4, -0.2) is 34.1 Å². The number of ether oxygens (including phenoxy) is 2. The molecule has 0 radical (unpaired) electrons. The number of fused-ring (bicyclic) bond motifs is 1. The molecule has 1 amide bonds. The standard InChI is InChI=1S/C22H17ClF2N2O5S/c23-18-11-15(4-6-19(18)25)26-22(28)13-27(16-3-1-2-14(24)10-16)33(29,30)17-5-7-20-21(12-17)32-9-8-31-20/h1-7,10-12H,8-9,13H2,(H,26,28). The highest BCUT2D eigenvalue weighted by molar-refractivity contribution is 7.92. The highest BCUT2D eigenvalue weighted by atomic mass is 35.5. The molecule has 3 aromatic rings. The van der Waals surface area contributed by atoms with Crippen LogP contribution < -0.4 is 19.1 Å². The maximum absolute atomic E-state index is 13.9. The molecule has 172 valence electrons. The molecule has 0 saturated carbocycles. The van der Waals surface area contributed by atoms with Crippen molar-refractivity contribution in [2.45, 2.75) is 4.90 Å². The zero-order valence-corrected chi connectivity index (χ0v) is 18.5. The third-order valence-electron chi connectivity index (χ3n) is 4.69. The minimum atomic E-state index is -4.32. The number of nitrogens with one attached hydrogen (secondary N) is 1. The van der Waals surface area contributed by atoms with Crippen LogP contribution in [0.5, 0.6) is 11.5 Å². The van der Waals surface area contributed by atoms with Gasteiger partial charge in [-0.25, -0.2) is 17.2 Å². The number of amides is 1. The summed E-state index contributed by atoms with van der Waals surface area (Å²) in [5.74, 6) is -1.46. The highest BCUT2D eigenvalue weighted by Crippen LogP contribution is 2.34. The Balaban J connectivity index is 1.67. The van der Waals surface area contributed by atoms with Crippen molar-refractivity contribution in [3.63, 3.8) is 0 Å². The fourth-order valence-electron chi connectivity index (χ4n) is 3.16. The minimum absolute atomic E-state index is 0.0582. The van der Waals surface area contributed by atoms with Crippen molar-refractivity contribution in [3.8, 4) is 11.5 Å². The minimum Gasteiger partial charge on any atom is -0.486 e. The lowest BCUT2D eigenvalue weighted by atomic mass is 10.3. The fourth-order valence-corrected chi connectivity index (χ4v) is 4.77. The van der Waals surface area contributed by atoms with E-state index in [1.165, 1.54) is 42.5 Å². The molecule has 0 aromatic heterocycles. The molecule has 0 aliphatic carbocycles. The van der Waals surface area contributed by atoms with E-state index in [0.717, 1.165) is 22.5 Å². The Hall–Kier alpha value is -3.37. The molecule has 11 heteroatoms. The molecule has 0 spiro atoms. The van der Waals surface area contributed by atoms with E-state index in [1.54, 1.807) is 0 Å². The van der Waals surface area contributed by atoms with Crippen molar-refractivity contribution < 1.29 is 31.5 Å². The van der Waals surface area contributed by atoms with E-state index in [4.69, 9.17) is 21.1 Å². The Morgan fingerprint density at radius 3 is 2.48 bits per heavy atom. The quantitative estimate of drug-likeness (QED) is 0.554. The third kappa shape index (κ3) is 5.01. The molecule has 0 unspecified atom stereocenters. The largest absolute Gasteiger partial charge is 0.486 e. The average molecular weight is 495 g/mol. The van der Waals surface area contributed by atoms with Crippen LogP contribution in [0, 0.1) is 11.6 Å². The van der Waals surface area contributed by atoms with Crippen molar-refractivity contribution in [2.75, 3.05) is 29.4 Å². The van der Waals surface area contributed by atoms with E-state index in [-0.39, 0.29) is 33.6 Å². The first-order valence-corrected chi connectivity index (χ1v) is 11.5. The maximum atomic E-state index is 13.9. The Bertz CT molecular complexity index is 1320. The zero-order chi connectivity index (χ0) is 23.6. The Morgan fingerprint density at radius 2 is 1.76 bits per heavy atom. The van der Waals surface area contributed by atoms with E-state index < -0.39 is 34.1 Å². The van der Waals surface area contributed by atoms with Gasteiger partial charge in [-0.15, -0.1) is 0 Å². The molecular formula is C22H17ClF2N2O5S. The number of halogens is 3. The Kier molecular flexibility index (Phi) is 6.39. The highest BCUT2D eigenvalue weighted by Gasteiger charge is 2.29. The van der Waals surface area contributed by atoms with E-state index in [2.05, 4.69) is 5.32 Å². The summed E-state index contributed by atoms with van der Waals surface area (Å²) in [7, 11) is -4.32. The van der Waals surface area contributed by atoms with Crippen LogP contribution in [0.25, 0.3) is 0 Å². The first-order chi connectivity index (χ1) is 15.7. The van der Waals surface area contributed by atoms with E-state index in [0.29, 0.717) is 12.4 Å². The second-order valence-corrected chi connectivity index (χ2v) is 9.24. The van der Waals surface area contributed by atoms with Crippen LogP contribution in [0.4, 0.5) is 20.2 Å². The molecule has 1 heterocycles. The summed E-state index contributed by atoms with van der Waals surface area (Å²) in [4.78, 5) is 12.5. The van der Waals surface area contributed by atoms with Gasteiger partial charge < -0.3 is 14.8 Å². The molecule has 0 fully saturated rings. The molecule has 3 aromatic carbocycles. The normalized spacial score (nSPS) is 12.8. The maximum Gasteiger partial charge on any atom is 0.264 e. The predicted molar refractivity (Wildman–Crippen MR) is 118 cm³/mol. The van der Waals surface area contributed by atoms with E-state index in [9.17, 15) is 22.0 Å². The first kappa shape index (κ1) is 22.8. The van der Waals surface area contributed by atoms with Gasteiger partial charge in [0.05, 0.1) is 15.6 Å². The lowest BCUT2D eigenvalue weighted by Gasteiger charge is -2.25. The summed E-state index contributed by atoms with van der Waals surface area (Å²) in [5.41, 5.74) is 0.111. The zero-order valence-electron chi connectivity index (χ0n) is 16.9. The molecule has 4 rings (SSSR count). The average Bonchev–Trinajstić information content (AvgIpc) is 2.79. The SMILES string of the molecule is O=C(CN(c1cccc(F)c1)S(=O)(=O)c1ccc2c(c1)OCCO2)Nc1ccc(F)c(Cl)c1. The number of hydrogen-bond donors (Lipinski definition) is 1. The molecule has 1 aliphatic heterocycles. The third-order valence-corrected chi connectivity index (χ3v) is 6.75. The van der Waals surface area contributed by atoms with Gasteiger partial charge in [0.2, 0.25) is 5.91 Å². The summed E-state index contributed by atoms with van der Waals surface area (Å²) in [6.45, 7) is -0.0932. The smallest absolute Gasteiger partial charge is 0.264 e. The number of hydrogen-bond acceptors (Lipinski definition) is 5. The second kappa shape index (κ2) is 9.24. The molecule has 7 nitrogen and oxygen atoms in total. The van der Waals surface area contributed by atoms with E-state index >= 15 is 0 Å². The van der Waals surface area contributed by atoms with Gasteiger partial charge in [-0.1, -0.05) is 17.7 Å². The number of rotatable bonds is 6. The number of carbonyl (C=O) groups is 1. The summed E-state index contributed by atoms with van der Waals surface area (Å²) < 4.78 is 65.9. The molecule has 1 N–H and O–H groups in total. The summed E-state index contributed by atoms with van der Waals surface area (Å²) in [6, 6.07) is 12.4. The fraction of sp³-hybridized carbons (Fsp3) is 0.136. The molecule has 0 saturated heterocycles. The van der Waals surface area contributed by atoms with E-state index in [1.807, 2.05) is 0 Å². The van der Waals surface area contributed by atoms with Crippen LogP contribution in [-0.2, 0) is 14.8 Å². The van der Waals surface area contributed by atoms with Gasteiger partial charge in [0.15, 0.2) is 11.5 Å². The van der Waals surface area contributed by atoms with Crippen molar-refractivity contribution >= 4 is 38.9 Å². The molecule has 0 bridgehead atoms. The van der Waals surface area contributed by atoms with Crippen LogP contribution in [0.3, 0.4) is 0 Å².